The summed E-state index contributed by atoms with van der Waals surface area (Å²) in [5.41, 5.74) is 2.81. The fourth-order valence-corrected chi connectivity index (χ4v) is 3.09. The Hall–Kier alpha value is -3.95. The van der Waals surface area contributed by atoms with Gasteiger partial charge in [-0.1, -0.05) is 12.1 Å². The van der Waals surface area contributed by atoms with Crippen molar-refractivity contribution in [1.82, 2.24) is 24.3 Å². The lowest BCUT2D eigenvalue weighted by Crippen LogP contribution is -2.06. The lowest BCUT2D eigenvalue weighted by Gasteiger charge is -2.11. The molecule has 8 nitrogen and oxygen atoms in total. The quantitative estimate of drug-likeness (QED) is 0.474. The average molecular weight is 426 g/mol. The lowest BCUT2D eigenvalue weighted by molar-refractivity contribution is -0.0493. The summed E-state index contributed by atoms with van der Waals surface area (Å²) in [5.74, 6) is 1.47. The molecule has 0 aliphatic heterocycles. The molecule has 0 spiro atoms. The topological polar surface area (TPSA) is 79.0 Å². The molecule has 0 fully saturated rings. The largest absolute Gasteiger partial charge is 0.495 e. The Balaban J connectivity index is 1.64. The molecule has 0 bridgehead atoms. The molecule has 0 amide bonds. The second-order valence-corrected chi connectivity index (χ2v) is 6.69. The van der Waals surface area contributed by atoms with Crippen LogP contribution in [0, 0.1) is 6.92 Å². The third-order valence-electron chi connectivity index (χ3n) is 4.54. The number of halogens is 2. The Morgan fingerprint density at radius 1 is 1.10 bits per heavy atom. The van der Waals surface area contributed by atoms with Crippen LogP contribution in [0.25, 0.3) is 17.1 Å². The summed E-state index contributed by atoms with van der Waals surface area (Å²) >= 11 is 0. The number of anilines is 2. The molecule has 4 aromatic rings. The summed E-state index contributed by atoms with van der Waals surface area (Å²) in [5, 5.41) is 7.42. The smallest absolute Gasteiger partial charge is 0.387 e. The molecule has 160 valence electrons. The number of methoxy groups -OCH3 is 1. The van der Waals surface area contributed by atoms with Gasteiger partial charge in [-0.25, -0.2) is 9.67 Å². The first-order chi connectivity index (χ1) is 14.9. The number of nitrogens with zero attached hydrogens (tertiary/aromatic N) is 5. The van der Waals surface area contributed by atoms with Gasteiger partial charge in [0.15, 0.2) is 5.82 Å². The van der Waals surface area contributed by atoms with Gasteiger partial charge in [0.05, 0.1) is 30.5 Å². The van der Waals surface area contributed by atoms with Gasteiger partial charge in [-0.05, 0) is 37.3 Å². The molecule has 10 heteroatoms. The molecule has 2 aromatic heterocycles. The predicted molar refractivity (Wildman–Crippen MR) is 111 cm³/mol. The van der Waals surface area contributed by atoms with Gasteiger partial charge in [0.2, 0.25) is 5.95 Å². The van der Waals surface area contributed by atoms with Gasteiger partial charge < -0.3 is 19.4 Å². The maximum absolute atomic E-state index is 12.7. The highest BCUT2D eigenvalue weighted by Crippen LogP contribution is 2.31. The SMILES string of the molecule is COc1cc(-c2nc(Nc3ccccc3OC(F)F)n(C)n2)ccc1-n1cnc(C)c1. The van der Waals surface area contributed by atoms with E-state index in [1.165, 1.54) is 10.7 Å². The minimum absolute atomic E-state index is 0.0173. The zero-order valence-electron chi connectivity index (χ0n) is 17.1. The number of alkyl halides is 2. The van der Waals surface area contributed by atoms with Crippen LogP contribution in [0.15, 0.2) is 55.0 Å². The first-order valence-electron chi connectivity index (χ1n) is 9.36. The number of hydrogen-bond donors (Lipinski definition) is 1. The van der Waals surface area contributed by atoms with Crippen molar-refractivity contribution in [2.24, 2.45) is 7.05 Å². The molecule has 0 aliphatic carbocycles. The summed E-state index contributed by atoms with van der Waals surface area (Å²) in [6, 6.07) is 12.0. The molecule has 2 aromatic carbocycles. The van der Waals surface area contributed by atoms with E-state index in [2.05, 4.69) is 25.1 Å². The molecule has 0 saturated carbocycles. The normalized spacial score (nSPS) is 11.0. The molecule has 0 aliphatic rings. The monoisotopic (exact) mass is 426 g/mol. The van der Waals surface area contributed by atoms with Gasteiger partial charge in [-0.15, -0.1) is 5.10 Å². The van der Waals surface area contributed by atoms with Crippen molar-refractivity contribution in [3.8, 4) is 28.6 Å². The zero-order valence-corrected chi connectivity index (χ0v) is 17.1. The molecular formula is C21H20F2N6O2. The number of aryl methyl sites for hydroxylation is 2. The summed E-state index contributed by atoms with van der Waals surface area (Å²) in [4.78, 5) is 8.74. The second-order valence-electron chi connectivity index (χ2n) is 6.69. The van der Waals surface area contributed by atoms with E-state index in [0.717, 1.165) is 16.9 Å². The Morgan fingerprint density at radius 3 is 2.61 bits per heavy atom. The van der Waals surface area contributed by atoms with Crippen LogP contribution >= 0.6 is 0 Å². The van der Waals surface area contributed by atoms with E-state index in [4.69, 9.17) is 4.74 Å². The van der Waals surface area contributed by atoms with E-state index >= 15 is 0 Å². The van der Waals surface area contributed by atoms with Crippen LogP contribution in [0.5, 0.6) is 11.5 Å². The Morgan fingerprint density at radius 2 is 1.90 bits per heavy atom. The van der Waals surface area contributed by atoms with Crippen molar-refractivity contribution >= 4 is 11.6 Å². The van der Waals surface area contributed by atoms with Gasteiger partial charge in [-0.3, -0.25) is 0 Å². The third-order valence-corrected chi connectivity index (χ3v) is 4.54. The number of ether oxygens (including phenoxy) is 2. The second kappa shape index (κ2) is 8.42. The Labute approximate surface area is 177 Å². The van der Waals surface area contributed by atoms with Crippen molar-refractivity contribution in [2.75, 3.05) is 12.4 Å². The van der Waals surface area contributed by atoms with E-state index in [9.17, 15) is 8.78 Å². The number of benzene rings is 2. The summed E-state index contributed by atoms with van der Waals surface area (Å²) in [7, 11) is 3.29. The van der Waals surface area contributed by atoms with E-state index < -0.39 is 6.61 Å². The fraction of sp³-hybridized carbons (Fsp3) is 0.190. The number of nitrogens with one attached hydrogen (secondary N) is 1. The predicted octanol–water partition coefficient (Wildman–Crippen LogP) is 4.33. The van der Waals surface area contributed by atoms with Crippen LogP contribution in [0.4, 0.5) is 20.4 Å². The highest BCUT2D eigenvalue weighted by Gasteiger charge is 2.15. The lowest BCUT2D eigenvalue weighted by atomic mass is 10.1. The Bertz CT molecular complexity index is 1200. The molecular weight excluding hydrogens is 406 g/mol. The van der Waals surface area contributed by atoms with Crippen LogP contribution in [0.1, 0.15) is 5.69 Å². The number of aromatic nitrogens is 5. The molecule has 0 radical (unpaired) electrons. The minimum Gasteiger partial charge on any atom is -0.495 e. The highest BCUT2D eigenvalue weighted by molar-refractivity contribution is 5.66. The zero-order chi connectivity index (χ0) is 22.0. The van der Waals surface area contributed by atoms with Crippen LogP contribution in [-0.2, 0) is 7.05 Å². The Kier molecular flexibility index (Phi) is 5.52. The van der Waals surface area contributed by atoms with Gasteiger partial charge in [-0.2, -0.15) is 13.8 Å². The number of hydrogen-bond acceptors (Lipinski definition) is 6. The third kappa shape index (κ3) is 4.32. The minimum atomic E-state index is -2.93. The van der Waals surface area contributed by atoms with E-state index in [-0.39, 0.29) is 5.75 Å². The number of imidazole rings is 1. The molecule has 2 heterocycles. The van der Waals surface area contributed by atoms with Crippen molar-refractivity contribution in [3.63, 3.8) is 0 Å². The first-order valence-corrected chi connectivity index (χ1v) is 9.36. The molecule has 1 N–H and O–H groups in total. The van der Waals surface area contributed by atoms with E-state index in [1.54, 1.807) is 38.7 Å². The van der Waals surface area contributed by atoms with E-state index in [1.807, 2.05) is 35.9 Å². The summed E-state index contributed by atoms with van der Waals surface area (Å²) < 4.78 is 38.8. The standard InChI is InChI=1S/C21H20F2N6O2/c1-13-11-29(12-24-13)16-9-8-14(10-18(16)30-3)19-26-21(28(2)27-19)25-15-6-4-5-7-17(15)31-20(22)23/h4-12,20H,1-3H3,(H,25,26,27). The van der Waals surface area contributed by atoms with Crippen molar-refractivity contribution in [3.05, 3.63) is 60.7 Å². The summed E-state index contributed by atoms with van der Waals surface area (Å²) in [6.45, 7) is -1.02. The number of para-hydroxylation sites is 2. The van der Waals surface area contributed by atoms with Gasteiger partial charge in [0, 0.05) is 18.8 Å². The van der Waals surface area contributed by atoms with Crippen molar-refractivity contribution in [1.29, 1.82) is 0 Å². The van der Waals surface area contributed by atoms with Gasteiger partial charge in [0.1, 0.15) is 11.5 Å². The van der Waals surface area contributed by atoms with Gasteiger partial charge in [0.25, 0.3) is 0 Å². The van der Waals surface area contributed by atoms with Gasteiger partial charge >= 0.3 is 6.61 Å². The average Bonchev–Trinajstić information content (AvgIpc) is 3.34. The van der Waals surface area contributed by atoms with Crippen LogP contribution in [0.3, 0.4) is 0 Å². The van der Waals surface area contributed by atoms with Crippen LogP contribution in [-0.4, -0.2) is 38.0 Å². The molecule has 31 heavy (non-hydrogen) atoms. The molecule has 0 saturated heterocycles. The van der Waals surface area contributed by atoms with Crippen LogP contribution < -0.4 is 14.8 Å². The summed E-state index contributed by atoms with van der Waals surface area (Å²) in [6.07, 6.45) is 3.62. The fourth-order valence-electron chi connectivity index (χ4n) is 3.09. The first kappa shape index (κ1) is 20.3. The van der Waals surface area contributed by atoms with E-state index in [0.29, 0.717) is 23.2 Å². The molecule has 0 atom stereocenters. The maximum Gasteiger partial charge on any atom is 0.387 e. The number of rotatable bonds is 7. The maximum atomic E-state index is 12.7. The van der Waals surface area contributed by atoms with Crippen molar-refractivity contribution in [2.45, 2.75) is 13.5 Å². The van der Waals surface area contributed by atoms with Crippen LogP contribution in [0.2, 0.25) is 0 Å². The highest BCUT2D eigenvalue weighted by atomic mass is 19.3. The molecule has 0 unspecified atom stereocenters. The molecule has 4 rings (SSSR count). The van der Waals surface area contributed by atoms with Crippen molar-refractivity contribution < 1.29 is 18.3 Å².